The molecule has 1 atom stereocenters. The standard InChI is InChI=1S/C35H42N6O3/c1-26-12-15-31(25-38-26)44-23-22-41(20-6-5-11-30-14-13-28-10-7-18-37-34(28)39-30)21-17-32(35(42)43)40-33-24-29(16-19-36-33)27-8-3-2-4-9-27/h2-4,8-9,12-16,19,24-25,32H,5-7,10-11,17-18,20-23H2,1H3,(H,36,40)(H,37,39)(H,42,43). The molecule has 5 rings (SSSR count). The van der Waals surface area contributed by atoms with Crippen molar-refractivity contribution in [2.75, 3.05) is 43.4 Å². The molecule has 1 unspecified atom stereocenters. The van der Waals surface area contributed by atoms with Crippen molar-refractivity contribution >= 4 is 17.6 Å². The van der Waals surface area contributed by atoms with E-state index in [0.29, 0.717) is 31.9 Å². The van der Waals surface area contributed by atoms with Crippen molar-refractivity contribution < 1.29 is 14.6 Å². The maximum atomic E-state index is 12.3. The molecule has 4 aromatic rings. The van der Waals surface area contributed by atoms with Gasteiger partial charge >= 0.3 is 5.97 Å². The summed E-state index contributed by atoms with van der Waals surface area (Å²) >= 11 is 0. The number of carboxylic acid groups (broad SMARTS) is 1. The summed E-state index contributed by atoms with van der Waals surface area (Å²) in [5.74, 6) is 1.42. The fourth-order valence-electron chi connectivity index (χ4n) is 5.38. The van der Waals surface area contributed by atoms with Gasteiger partial charge in [0.1, 0.15) is 30.0 Å². The van der Waals surface area contributed by atoms with Crippen molar-refractivity contribution in [1.29, 1.82) is 0 Å². The second-order valence-corrected chi connectivity index (χ2v) is 11.2. The SMILES string of the molecule is Cc1ccc(OCCN(CCCCc2ccc3c(n2)NCCC3)CCC(Nc2cc(-c3ccccc3)ccn2)C(=O)O)cn1. The van der Waals surface area contributed by atoms with Crippen LogP contribution in [0.4, 0.5) is 11.6 Å². The van der Waals surface area contributed by atoms with Crippen LogP contribution in [-0.2, 0) is 17.6 Å². The number of carboxylic acids is 1. The van der Waals surface area contributed by atoms with Crippen molar-refractivity contribution in [2.24, 2.45) is 0 Å². The number of ether oxygens (including phenoxy) is 1. The van der Waals surface area contributed by atoms with Gasteiger partial charge in [0.2, 0.25) is 0 Å². The van der Waals surface area contributed by atoms with Crippen LogP contribution in [0.3, 0.4) is 0 Å². The van der Waals surface area contributed by atoms with Gasteiger partial charge in [0.15, 0.2) is 0 Å². The molecule has 3 aromatic heterocycles. The molecule has 1 aliphatic rings. The first-order valence-electron chi connectivity index (χ1n) is 15.5. The summed E-state index contributed by atoms with van der Waals surface area (Å²) in [4.78, 5) is 28.1. The van der Waals surface area contributed by atoms with Crippen molar-refractivity contribution in [3.05, 3.63) is 96.1 Å². The minimum absolute atomic E-state index is 0.427. The van der Waals surface area contributed by atoms with E-state index < -0.39 is 12.0 Å². The number of rotatable bonds is 16. The molecule has 1 aliphatic heterocycles. The highest BCUT2D eigenvalue weighted by molar-refractivity contribution is 5.77. The Morgan fingerprint density at radius 3 is 2.73 bits per heavy atom. The number of hydrogen-bond acceptors (Lipinski definition) is 8. The van der Waals surface area contributed by atoms with Gasteiger partial charge in [0.05, 0.1) is 6.20 Å². The van der Waals surface area contributed by atoms with Crippen molar-refractivity contribution in [1.82, 2.24) is 19.9 Å². The van der Waals surface area contributed by atoms with E-state index in [2.05, 4.69) is 37.6 Å². The Bertz CT molecular complexity index is 1480. The third-order valence-corrected chi connectivity index (χ3v) is 7.89. The number of aryl methyl sites for hydroxylation is 3. The van der Waals surface area contributed by atoms with Gasteiger partial charge in [0.25, 0.3) is 0 Å². The third-order valence-electron chi connectivity index (χ3n) is 7.89. The molecule has 0 fully saturated rings. The lowest BCUT2D eigenvalue weighted by Gasteiger charge is -2.25. The van der Waals surface area contributed by atoms with Crippen LogP contribution in [0.25, 0.3) is 11.1 Å². The molecule has 9 heteroatoms. The van der Waals surface area contributed by atoms with Gasteiger partial charge in [-0.25, -0.2) is 14.8 Å². The van der Waals surface area contributed by atoms with Gasteiger partial charge in [-0.2, -0.15) is 0 Å². The van der Waals surface area contributed by atoms with Gasteiger partial charge < -0.3 is 20.5 Å². The number of pyridine rings is 3. The Balaban J connectivity index is 1.17. The average Bonchev–Trinajstić information content (AvgIpc) is 3.05. The predicted octanol–water partition coefficient (Wildman–Crippen LogP) is 5.86. The largest absolute Gasteiger partial charge is 0.491 e. The number of aliphatic carboxylic acids is 1. The molecule has 3 N–H and O–H groups in total. The van der Waals surface area contributed by atoms with Crippen LogP contribution < -0.4 is 15.4 Å². The molecule has 0 saturated carbocycles. The molecule has 0 spiro atoms. The molecule has 44 heavy (non-hydrogen) atoms. The fourth-order valence-corrected chi connectivity index (χ4v) is 5.38. The molecule has 0 aliphatic carbocycles. The van der Waals surface area contributed by atoms with Crippen LogP contribution in [0.2, 0.25) is 0 Å². The Kier molecular flexibility index (Phi) is 11.1. The number of anilines is 2. The first-order valence-corrected chi connectivity index (χ1v) is 15.5. The Morgan fingerprint density at radius 2 is 1.91 bits per heavy atom. The minimum Gasteiger partial charge on any atom is -0.491 e. The van der Waals surface area contributed by atoms with Crippen LogP contribution in [0.1, 0.15) is 42.6 Å². The quantitative estimate of drug-likeness (QED) is 0.137. The molecule has 1 aromatic carbocycles. The van der Waals surface area contributed by atoms with E-state index in [4.69, 9.17) is 9.72 Å². The number of fused-ring (bicyclic) bond motifs is 1. The zero-order chi connectivity index (χ0) is 30.6. The lowest BCUT2D eigenvalue weighted by atomic mass is 10.1. The molecular formula is C35H42N6O3. The molecule has 0 bridgehead atoms. The van der Waals surface area contributed by atoms with Gasteiger partial charge in [-0.15, -0.1) is 0 Å². The number of benzene rings is 1. The fraction of sp³-hybridized carbons (Fsp3) is 0.371. The zero-order valence-corrected chi connectivity index (χ0v) is 25.4. The highest BCUT2D eigenvalue weighted by Crippen LogP contribution is 2.22. The topological polar surface area (TPSA) is 112 Å². The van der Waals surface area contributed by atoms with Crippen LogP contribution in [0.15, 0.2) is 79.1 Å². The maximum absolute atomic E-state index is 12.3. The minimum atomic E-state index is -0.897. The number of nitrogens with one attached hydrogen (secondary N) is 2. The Morgan fingerprint density at radius 1 is 1.02 bits per heavy atom. The van der Waals surface area contributed by atoms with Crippen molar-refractivity contribution in [2.45, 2.75) is 51.5 Å². The van der Waals surface area contributed by atoms with E-state index in [0.717, 1.165) is 79.3 Å². The van der Waals surface area contributed by atoms with Crippen LogP contribution in [0, 0.1) is 6.92 Å². The molecule has 4 heterocycles. The summed E-state index contributed by atoms with van der Waals surface area (Å²) in [5, 5.41) is 16.6. The summed E-state index contributed by atoms with van der Waals surface area (Å²) in [6, 6.07) is 21.3. The normalized spacial score (nSPS) is 13.1. The van der Waals surface area contributed by atoms with Gasteiger partial charge in [-0.05, 0) is 99.0 Å². The monoisotopic (exact) mass is 594 g/mol. The smallest absolute Gasteiger partial charge is 0.326 e. The van der Waals surface area contributed by atoms with Crippen molar-refractivity contribution in [3.63, 3.8) is 0 Å². The third kappa shape index (κ3) is 9.25. The van der Waals surface area contributed by atoms with Gasteiger partial charge in [-0.3, -0.25) is 9.88 Å². The summed E-state index contributed by atoms with van der Waals surface area (Å²) < 4.78 is 5.96. The number of hydrogen-bond donors (Lipinski definition) is 3. The van der Waals surface area contributed by atoms with Crippen LogP contribution in [0.5, 0.6) is 5.75 Å². The summed E-state index contributed by atoms with van der Waals surface area (Å²) in [5.41, 5.74) is 5.40. The number of carbonyl (C=O) groups is 1. The highest BCUT2D eigenvalue weighted by atomic mass is 16.5. The molecular weight excluding hydrogens is 552 g/mol. The van der Waals surface area contributed by atoms with Gasteiger partial charge in [-0.1, -0.05) is 36.4 Å². The second kappa shape index (κ2) is 15.8. The predicted molar refractivity (Wildman–Crippen MR) is 174 cm³/mol. The van der Waals surface area contributed by atoms with E-state index in [1.165, 1.54) is 5.56 Å². The molecule has 0 radical (unpaired) electrons. The lowest BCUT2D eigenvalue weighted by molar-refractivity contribution is -0.138. The summed E-state index contributed by atoms with van der Waals surface area (Å²) in [7, 11) is 0. The Labute approximate surface area is 259 Å². The lowest BCUT2D eigenvalue weighted by Crippen LogP contribution is -2.37. The summed E-state index contributed by atoms with van der Waals surface area (Å²) in [6.07, 6.45) is 9.01. The number of aromatic nitrogens is 3. The first kappa shape index (κ1) is 30.9. The van der Waals surface area contributed by atoms with Crippen LogP contribution in [-0.4, -0.2) is 69.8 Å². The van der Waals surface area contributed by atoms with E-state index in [-0.39, 0.29) is 0 Å². The molecule has 230 valence electrons. The van der Waals surface area contributed by atoms with Crippen LogP contribution >= 0.6 is 0 Å². The van der Waals surface area contributed by atoms with Crippen molar-refractivity contribution in [3.8, 4) is 16.9 Å². The van der Waals surface area contributed by atoms with Gasteiger partial charge in [0, 0.05) is 37.2 Å². The molecule has 0 amide bonds. The first-order chi connectivity index (χ1) is 21.5. The average molecular weight is 595 g/mol. The number of unbranched alkanes of at least 4 members (excludes halogenated alkanes) is 1. The highest BCUT2D eigenvalue weighted by Gasteiger charge is 2.20. The van der Waals surface area contributed by atoms with E-state index in [1.54, 1.807) is 12.4 Å². The summed E-state index contributed by atoms with van der Waals surface area (Å²) in [6.45, 7) is 5.56. The Hall–Kier alpha value is -4.50. The zero-order valence-electron chi connectivity index (χ0n) is 25.4. The van der Waals surface area contributed by atoms with E-state index >= 15 is 0 Å². The second-order valence-electron chi connectivity index (χ2n) is 11.2. The number of nitrogens with zero attached hydrogens (tertiary/aromatic N) is 4. The molecule has 9 nitrogen and oxygen atoms in total. The van der Waals surface area contributed by atoms with E-state index in [1.807, 2.05) is 61.5 Å². The van der Waals surface area contributed by atoms with E-state index in [9.17, 15) is 9.90 Å². The maximum Gasteiger partial charge on any atom is 0.326 e. The molecule has 0 saturated heterocycles.